The standard InChI is InChI=1S/C17H17FN2O4/c1-12(17(23)19-10-13-5-7-14(18)8-6-13)24-16(22)11-20-9-3-2-4-15(20)21/h2-9,12H,10-11H2,1H3,(H,19,23)/t12-/m1/s1. The fraction of sp³-hybridized carbons (Fsp3) is 0.235. The first kappa shape index (κ1) is 17.4. The van der Waals surface area contributed by atoms with Crippen molar-refractivity contribution in [1.29, 1.82) is 0 Å². The first-order valence-electron chi connectivity index (χ1n) is 7.33. The van der Waals surface area contributed by atoms with Gasteiger partial charge in [0, 0.05) is 18.8 Å². The molecular formula is C17H17FN2O4. The number of nitrogens with zero attached hydrogens (tertiary/aromatic N) is 1. The van der Waals surface area contributed by atoms with E-state index in [1.807, 2.05) is 0 Å². The fourth-order valence-electron chi connectivity index (χ4n) is 1.95. The molecule has 0 saturated heterocycles. The predicted octanol–water partition coefficient (Wildman–Crippen LogP) is 1.24. The van der Waals surface area contributed by atoms with Gasteiger partial charge in [-0.15, -0.1) is 0 Å². The molecule has 0 bridgehead atoms. The molecule has 1 N–H and O–H groups in total. The molecule has 7 heteroatoms. The number of rotatable bonds is 6. The Bertz CT molecular complexity index is 771. The van der Waals surface area contributed by atoms with Crippen LogP contribution in [0.5, 0.6) is 0 Å². The topological polar surface area (TPSA) is 77.4 Å². The summed E-state index contributed by atoms with van der Waals surface area (Å²) in [6, 6.07) is 10.2. The molecule has 0 spiro atoms. The lowest BCUT2D eigenvalue weighted by molar-refractivity contribution is -0.155. The maximum atomic E-state index is 12.8. The summed E-state index contributed by atoms with van der Waals surface area (Å²) in [7, 11) is 0. The van der Waals surface area contributed by atoms with Gasteiger partial charge >= 0.3 is 5.97 Å². The van der Waals surface area contributed by atoms with Crippen LogP contribution < -0.4 is 10.9 Å². The minimum absolute atomic E-state index is 0.194. The molecule has 1 aromatic carbocycles. The zero-order valence-electron chi connectivity index (χ0n) is 13.1. The van der Waals surface area contributed by atoms with Crippen LogP contribution in [0.3, 0.4) is 0 Å². The van der Waals surface area contributed by atoms with Crippen molar-refractivity contribution in [3.63, 3.8) is 0 Å². The fourth-order valence-corrected chi connectivity index (χ4v) is 1.95. The Morgan fingerprint density at radius 2 is 1.92 bits per heavy atom. The van der Waals surface area contributed by atoms with Crippen LogP contribution >= 0.6 is 0 Å². The monoisotopic (exact) mass is 332 g/mol. The van der Waals surface area contributed by atoms with Crippen LogP contribution in [0.25, 0.3) is 0 Å². The van der Waals surface area contributed by atoms with Crippen LogP contribution in [0.1, 0.15) is 12.5 Å². The van der Waals surface area contributed by atoms with Gasteiger partial charge in [-0.2, -0.15) is 0 Å². The van der Waals surface area contributed by atoms with E-state index in [-0.39, 0.29) is 24.5 Å². The Morgan fingerprint density at radius 1 is 1.21 bits per heavy atom. The third-order valence-electron chi connectivity index (χ3n) is 3.26. The highest BCUT2D eigenvalue weighted by Crippen LogP contribution is 2.03. The van der Waals surface area contributed by atoms with Gasteiger partial charge in [-0.25, -0.2) is 4.39 Å². The Kier molecular flexibility index (Phi) is 5.83. The number of hydrogen-bond acceptors (Lipinski definition) is 4. The molecular weight excluding hydrogens is 315 g/mol. The first-order valence-corrected chi connectivity index (χ1v) is 7.33. The molecule has 0 fully saturated rings. The van der Waals surface area contributed by atoms with Crippen molar-refractivity contribution < 1.29 is 18.7 Å². The Morgan fingerprint density at radius 3 is 2.58 bits per heavy atom. The summed E-state index contributed by atoms with van der Waals surface area (Å²) >= 11 is 0. The summed E-state index contributed by atoms with van der Waals surface area (Å²) < 4.78 is 19.0. The zero-order chi connectivity index (χ0) is 17.5. The number of hydrogen-bond donors (Lipinski definition) is 1. The van der Waals surface area contributed by atoms with Gasteiger partial charge in [0.25, 0.3) is 11.5 Å². The van der Waals surface area contributed by atoms with E-state index in [0.717, 1.165) is 5.56 Å². The minimum Gasteiger partial charge on any atom is -0.451 e. The summed E-state index contributed by atoms with van der Waals surface area (Å²) in [5.74, 6) is -1.52. The second-order valence-electron chi connectivity index (χ2n) is 5.14. The predicted molar refractivity (Wildman–Crippen MR) is 84.5 cm³/mol. The van der Waals surface area contributed by atoms with Crippen molar-refractivity contribution in [1.82, 2.24) is 9.88 Å². The SMILES string of the molecule is C[C@@H](OC(=O)Cn1ccccc1=O)C(=O)NCc1ccc(F)cc1. The summed E-state index contributed by atoms with van der Waals surface area (Å²) in [6.07, 6.45) is 0.459. The molecule has 0 radical (unpaired) electrons. The van der Waals surface area contributed by atoms with Gasteiger partial charge in [0.15, 0.2) is 6.10 Å². The Hall–Kier alpha value is -2.96. The van der Waals surface area contributed by atoms with E-state index in [1.54, 1.807) is 24.3 Å². The van der Waals surface area contributed by atoms with E-state index in [0.29, 0.717) is 0 Å². The molecule has 2 aromatic rings. The number of amides is 1. The normalized spacial score (nSPS) is 11.6. The third kappa shape index (κ3) is 5.05. The quantitative estimate of drug-likeness (QED) is 0.807. The molecule has 2 rings (SSSR count). The van der Waals surface area contributed by atoms with Crippen LogP contribution in [-0.2, 0) is 27.4 Å². The molecule has 1 amide bonds. The average Bonchev–Trinajstić information content (AvgIpc) is 2.56. The molecule has 0 aliphatic carbocycles. The van der Waals surface area contributed by atoms with Gasteiger partial charge in [-0.1, -0.05) is 18.2 Å². The number of ether oxygens (including phenoxy) is 1. The number of halogens is 1. The number of benzene rings is 1. The zero-order valence-corrected chi connectivity index (χ0v) is 13.1. The molecule has 24 heavy (non-hydrogen) atoms. The highest BCUT2D eigenvalue weighted by atomic mass is 19.1. The van der Waals surface area contributed by atoms with E-state index in [2.05, 4.69) is 5.32 Å². The lowest BCUT2D eigenvalue weighted by Crippen LogP contribution is -2.36. The van der Waals surface area contributed by atoms with E-state index in [9.17, 15) is 18.8 Å². The van der Waals surface area contributed by atoms with Gasteiger partial charge in [0.1, 0.15) is 12.4 Å². The van der Waals surface area contributed by atoms with Gasteiger partial charge in [0.2, 0.25) is 0 Å². The number of esters is 1. The minimum atomic E-state index is -1.00. The van der Waals surface area contributed by atoms with Crippen LogP contribution in [0.2, 0.25) is 0 Å². The molecule has 1 atom stereocenters. The number of aromatic nitrogens is 1. The second kappa shape index (κ2) is 8.05. The maximum absolute atomic E-state index is 12.8. The highest BCUT2D eigenvalue weighted by molar-refractivity contribution is 5.83. The average molecular weight is 332 g/mol. The van der Waals surface area contributed by atoms with Crippen molar-refractivity contribution in [3.05, 3.63) is 70.4 Å². The number of carbonyl (C=O) groups excluding carboxylic acids is 2. The van der Waals surface area contributed by atoms with E-state index in [1.165, 1.54) is 35.9 Å². The van der Waals surface area contributed by atoms with E-state index in [4.69, 9.17) is 4.74 Å². The van der Waals surface area contributed by atoms with Gasteiger partial charge in [-0.05, 0) is 30.7 Å². The number of pyridine rings is 1. The summed E-state index contributed by atoms with van der Waals surface area (Å²) in [6.45, 7) is 1.36. The lowest BCUT2D eigenvalue weighted by atomic mass is 10.2. The maximum Gasteiger partial charge on any atom is 0.326 e. The van der Waals surface area contributed by atoms with Gasteiger partial charge in [-0.3, -0.25) is 14.4 Å². The van der Waals surface area contributed by atoms with Crippen molar-refractivity contribution in [3.8, 4) is 0 Å². The Balaban J connectivity index is 1.82. The molecule has 126 valence electrons. The van der Waals surface area contributed by atoms with Crippen LogP contribution in [-0.4, -0.2) is 22.5 Å². The van der Waals surface area contributed by atoms with E-state index >= 15 is 0 Å². The number of nitrogens with one attached hydrogen (secondary N) is 1. The van der Waals surface area contributed by atoms with E-state index < -0.39 is 18.0 Å². The molecule has 1 heterocycles. The smallest absolute Gasteiger partial charge is 0.326 e. The van der Waals surface area contributed by atoms with Gasteiger partial charge in [0.05, 0.1) is 0 Å². The van der Waals surface area contributed by atoms with Crippen molar-refractivity contribution >= 4 is 11.9 Å². The first-order chi connectivity index (χ1) is 11.5. The van der Waals surface area contributed by atoms with Gasteiger partial charge < -0.3 is 14.6 Å². The van der Waals surface area contributed by atoms with Crippen LogP contribution in [0.15, 0.2) is 53.5 Å². The summed E-state index contributed by atoms with van der Waals surface area (Å²) in [5.41, 5.74) is 0.391. The largest absolute Gasteiger partial charge is 0.451 e. The van der Waals surface area contributed by atoms with Crippen molar-refractivity contribution in [2.75, 3.05) is 0 Å². The summed E-state index contributed by atoms with van der Waals surface area (Å²) in [5, 5.41) is 2.59. The molecule has 0 aliphatic rings. The highest BCUT2D eigenvalue weighted by Gasteiger charge is 2.17. The molecule has 6 nitrogen and oxygen atoms in total. The lowest BCUT2D eigenvalue weighted by Gasteiger charge is -2.14. The molecule has 0 unspecified atom stereocenters. The Labute approximate surface area is 137 Å². The van der Waals surface area contributed by atoms with Crippen molar-refractivity contribution in [2.45, 2.75) is 26.1 Å². The van der Waals surface area contributed by atoms with Crippen LogP contribution in [0, 0.1) is 5.82 Å². The molecule has 1 aromatic heterocycles. The molecule has 0 saturated carbocycles. The van der Waals surface area contributed by atoms with Crippen molar-refractivity contribution in [2.24, 2.45) is 0 Å². The molecule has 0 aliphatic heterocycles. The third-order valence-corrected chi connectivity index (χ3v) is 3.26. The number of carbonyl (C=O) groups is 2. The second-order valence-corrected chi connectivity index (χ2v) is 5.14. The van der Waals surface area contributed by atoms with Crippen LogP contribution in [0.4, 0.5) is 4.39 Å². The summed E-state index contributed by atoms with van der Waals surface area (Å²) in [4.78, 5) is 35.2.